The number of allylic oxidation sites excluding steroid dienone is 4. The Morgan fingerprint density at radius 2 is 1.37 bits per heavy atom. The molecule has 1 fully saturated rings. The zero-order valence-corrected chi connectivity index (χ0v) is 29.8. The van der Waals surface area contributed by atoms with Gasteiger partial charge in [0.05, 0.1) is 21.7 Å². The molecule has 2 aromatic rings. The van der Waals surface area contributed by atoms with E-state index in [0.717, 1.165) is 59.4 Å². The van der Waals surface area contributed by atoms with Gasteiger partial charge >= 0.3 is 0 Å². The van der Waals surface area contributed by atoms with E-state index >= 15 is 0 Å². The highest BCUT2D eigenvalue weighted by Crippen LogP contribution is 2.56. The van der Waals surface area contributed by atoms with Crippen molar-refractivity contribution in [1.29, 1.82) is 0 Å². The molecule has 8 heteroatoms. The van der Waals surface area contributed by atoms with Crippen LogP contribution in [0.4, 0.5) is 0 Å². The first-order chi connectivity index (χ1) is 21.8. The maximum absolute atomic E-state index is 14.3. The maximum Gasteiger partial charge on any atom is 0.180 e. The topological polar surface area (TPSA) is 55.8 Å². The fourth-order valence-electron chi connectivity index (χ4n) is 8.05. The molecular weight excluding hydrogens is 641 g/mol. The van der Waals surface area contributed by atoms with Crippen molar-refractivity contribution < 1.29 is 19.1 Å². The maximum atomic E-state index is 14.3. The van der Waals surface area contributed by atoms with Crippen molar-refractivity contribution in [2.24, 2.45) is 10.8 Å². The lowest BCUT2D eigenvalue weighted by atomic mass is 9.63. The minimum absolute atomic E-state index is 0.121. The van der Waals surface area contributed by atoms with E-state index in [1.807, 2.05) is 25.1 Å². The summed E-state index contributed by atoms with van der Waals surface area (Å²) in [5, 5.41) is 1.29. The second kappa shape index (κ2) is 12.9. The van der Waals surface area contributed by atoms with Crippen molar-refractivity contribution in [2.75, 3.05) is 6.61 Å². The Bertz CT molecular complexity index is 1580. The largest absolute Gasteiger partial charge is 0.490 e. The van der Waals surface area contributed by atoms with Gasteiger partial charge in [0.2, 0.25) is 0 Å². The Morgan fingerprint density at radius 3 is 1.93 bits per heavy atom. The van der Waals surface area contributed by atoms with Gasteiger partial charge in [-0.25, -0.2) is 0 Å². The summed E-state index contributed by atoms with van der Waals surface area (Å²) in [6.45, 7) is 11.3. The third-order valence-corrected chi connectivity index (χ3v) is 10.9. The van der Waals surface area contributed by atoms with E-state index < -0.39 is 5.92 Å². The Kier molecular flexibility index (Phi) is 9.35. The molecule has 1 saturated carbocycles. The summed E-state index contributed by atoms with van der Waals surface area (Å²) >= 11 is 19.4. The summed E-state index contributed by atoms with van der Waals surface area (Å²) in [7, 11) is 0. The number of nitrogens with zero attached hydrogens (tertiary/aromatic N) is 1. The van der Waals surface area contributed by atoms with Crippen LogP contribution in [-0.2, 0) is 16.2 Å². The van der Waals surface area contributed by atoms with Gasteiger partial charge in [0.15, 0.2) is 23.1 Å². The molecule has 0 spiro atoms. The highest BCUT2D eigenvalue weighted by molar-refractivity contribution is 6.42. The van der Waals surface area contributed by atoms with Crippen LogP contribution in [-0.4, -0.2) is 29.1 Å². The highest BCUT2D eigenvalue weighted by Gasteiger charge is 2.50. The molecule has 0 atom stereocenters. The molecule has 0 amide bonds. The second-order valence-electron chi connectivity index (χ2n) is 15.0. The van der Waals surface area contributed by atoms with Gasteiger partial charge in [-0.2, -0.15) is 0 Å². The van der Waals surface area contributed by atoms with Crippen LogP contribution in [0.15, 0.2) is 52.9 Å². The Labute approximate surface area is 288 Å². The smallest absolute Gasteiger partial charge is 0.180 e. The lowest BCUT2D eigenvalue weighted by Gasteiger charge is -2.52. The quantitative estimate of drug-likeness (QED) is 0.291. The zero-order valence-electron chi connectivity index (χ0n) is 27.5. The number of benzene rings is 2. The van der Waals surface area contributed by atoms with Crippen LogP contribution in [0.3, 0.4) is 0 Å². The van der Waals surface area contributed by atoms with Gasteiger partial charge in [0.25, 0.3) is 0 Å². The summed E-state index contributed by atoms with van der Waals surface area (Å²) in [5.74, 6) is 0.633. The van der Waals surface area contributed by atoms with Crippen molar-refractivity contribution in [3.05, 3.63) is 79.1 Å². The Morgan fingerprint density at radius 1 is 0.761 bits per heavy atom. The molecule has 1 aliphatic heterocycles. The van der Waals surface area contributed by atoms with Crippen LogP contribution in [0.5, 0.6) is 11.5 Å². The molecule has 0 radical (unpaired) electrons. The molecule has 1 heterocycles. The number of carbonyl (C=O) groups excluding carboxylic acids is 2. The predicted molar refractivity (Wildman–Crippen MR) is 185 cm³/mol. The molecule has 3 aliphatic carbocycles. The number of hydrogen-bond acceptors (Lipinski definition) is 5. The van der Waals surface area contributed by atoms with Crippen LogP contribution in [0, 0.1) is 10.8 Å². The number of carbonyl (C=O) groups is 2. The first kappa shape index (κ1) is 33.4. The molecule has 0 unspecified atom stereocenters. The number of halogens is 3. The Hall–Kier alpha value is -2.47. The minimum atomic E-state index is -0.502. The van der Waals surface area contributed by atoms with Gasteiger partial charge in [-0.1, -0.05) is 87.8 Å². The summed E-state index contributed by atoms with van der Waals surface area (Å²) in [5.41, 5.74) is 5.03. The van der Waals surface area contributed by atoms with Crippen LogP contribution in [0.1, 0.15) is 109 Å². The van der Waals surface area contributed by atoms with E-state index in [2.05, 4.69) is 32.6 Å². The van der Waals surface area contributed by atoms with Crippen molar-refractivity contribution in [3.8, 4) is 11.5 Å². The first-order valence-corrected chi connectivity index (χ1v) is 17.8. The molecule has 0 saturated heterocycles. The molecule has 2 aromatic carbocycles. The van der Waals surface area contributed by atoms with E-state index in [0.29, 0.717) is 52.1 Å². The number of rotatable bonds is 7. The average Bonchev–Trinajstić information content (AvgIpc) is 2.96. The third-order valence-electron chi connectivity index (χ3n) is 9.92. The lowest BCUT2D eigenvalue weighted by Crippen LogP contribution is -2.48. The highest BCUT2D eigenvalue weighted by atomic mass is 35.5. The van der Waals surface area contributed by atoms with Crippen molar-refractivity contribution in [3.63, 3.8) is 0 Å². The average molecular weight is 685 g/mol. The number of ketones is 2. The molecule has 246 valence electrons. The molecular formula is C38H44Cl3NO4. The molecule has 4 aliphatic rings. The van der Waals surface area contributed by atoms with Gasteiger partial charge < -0.3 is 14.4 Å². The summed E-state index contributed by atoms with van der Waals surface area (Å²) in [4.78, 5) is 31.1. The van der Waals surface area contributed by atoms with Gasteiger partial charge in [0.1, 0.15) is 6.61 Å². The molecule has 0 N–H and O–H groups in total. The van der Waals surface area contributed by atoms with E-state index in [4.69, 9.17) is 44.3 Å². The number of hydrogen-bond donors (Lipinski definition) is 0. The monoisotopic (exact) mass is 683 g/mol. The van der Waals surface area contributed by atoms with Gasteiger partial charge in [-0.15, -0.1) is 0 Å². The van der Waals surface area contributed by atoms with Gasteiger partial charge in [0, 0.05) is 47.3 Å². The molecule has 5 nitrogen and oxygen atoms in total. The van der Waals surface area contributed by atoms with Crippen LogP contribution >= 0.6 is 34.8 Å². The third kappa shape index (κ3) is 6.49. The minimum Gasteiger partial charge on any atom is -0.490 e. The fraction of sp³-hybridized carbons (Fsp3) is 0.526. The van der Waals surface area contributed by atoms with E-state index in [1.54, 1.807) is 12.1 Å². The zero-order chi connectivity index (χ0) is 33.0. The van der Waals surface area contributed by atoms with Crippen LogP contribution in [0.2, 0.25) is 15.1 Å². The summed E-state index contributed by atoms with van der Waals surface area (Å²) in [6.07, 6.45) is 8.20. The van der Waals surface area contributed by atoms with E-state index in [-0.39, 0.29) is 29.0 Å². The fourth-order valence-corrected chi connectivity index (χ4v) is 8.65. The second-order valence-corrected chi connectivity index (χ2v) is 16.2. The normalized spacial score (nSPS) is 21.8. The summed E-state index contributed by atoms with van der Waals surface area (Å²) < 4.78 is 12.3. The van der Waals surface area contributed by atoms with Crippen LogP contribution < -0.4 is 9.47 Å². The predicted octanol–water partition coefficient (Wildman–Crippen LogP) is 10.6. The SMILES string of the molecule is CCOc1cc(C2C3=C(CC(C)(C)CC3=O)N(C3CCCCC3)C3=C2C(=O)CC(C)(C)C3)cc(Cl)c1OCc1ccc(Cl)c(Cl)c1. The number of Topliss-reactive ketones (excluding diaryl/α,β-unsaturated/α-hetero) is 2. The van der Waals surface area contributed by atoms with Crippen LogP contribution in [0.25, 0.3) is 0 Å². The molecule has 46 heavy (non-hydrogen) atoms. The van der Waals surface area contributed by atoms with Crippen molar-refractivity contribution >= 4 is 46.4 Å². The van der Waals surface area contributed by atoms with Crippen molar-refractivity contribution in [1.82, 2.24) is 4.90 Å². The summed E-state index contributed by atoms with van der Waals surface area (Å²) in [6, 6.07) is 9.44. The van der Waals surface area contributed by atoms with Gasteiger partial charge in [-0.05, 0) is 78.8 Å². The molecule has 0 aromatic heterocycles. The Balaban J connectivity index is 1.50. The number of ether oxygens (including phenoxy) is 2. The van der Waals surface area contributed by atoms with Crippen molar-refractivity contribution in [2.45, 2.75) is 111 Å². The first-order valence-electron chi connectivity index (χ1n) is 16.6. The lowest BCUT2D eigenvalue weighted by molar-refractivity contribution is -0.119. The standard InChI is InChI=1S/C38H44Cl3NO4/c1-6-45-32-16-23(15-27(41)36(32)46-21-22-12-13-25(39)26(40)14-22)33-34-28(17-37(2,3)19-30(34)43)42(24-10-8-7-9-11-24)29-18-38(4,5)20-31(44)35(29)33/h12-16,24,33H,6-11,17-21H2,1-5H3. The molecule has 0 bridgehead atoms. The van der Waals surface area contributed by atoms with E-state index in [9.17, 15) is 9.59 Å². The van der Waals surface area contributed by atoms with E-state index in [1.165, 1.54) is 19.3 Å². The molecule has 6 rings (SSSR count). The van der Waals surface area contributed by atoms with Gasteiger partial charge in [-0.3, -0.25) is 9.59 Å².